The summed E-state index contributed by atoms with van der Waals surface area (Å²) < 4.78 is 5.39. The largest absolute Gasteiger partial charge is 0.480 e. The van der Waals surface area contributed by atoms with E-state index in [-0.39, 0.29) is 24.5 Å². The highest BCUT2D eigenvalue weighted by Gasteiger charge is 2.37. The molecule has 2 aliphatic carbocycles. The van der Waals surface area contributed by atoms with Gasteiger partial charge in [0.2, 0.25) is 0 Å². The van der Waals surface area contributed by atoms with Crippen LogP contribution in [-0.4, -0.2) is 47.1 Å². The lowest BCUT2D eigenvalue weighted by molar-refractivity contribution is -0.139. The van der Waals surface area contributed by atoms with Crippen LogP contribution in [0.5, 0.6) is 0 Å². The van der Waals surface area contributed by atoms with Crippen molar-refractivity contribution in [3.8, 4) is 0 Å². The van der Waals surface area contributed by atoms with E-state index in [1.54, 1.807) is 0 Å². The van der Waals surface area contributed by atoms with E-state index in [4.69, 9.17) is 9.84 Å². The summed E-state index contributed by atoms with van der Waals surface area (Å²) in [5, 5.41) is 12.2. The number of carboxylic acid groups (broad SMARTS) is 1. The number of nitrogens with one attached hydrogen (secondary N) is 1. The molecule has 6 nitrogen and oxygen atoms in total. The Morgan fingerprint density at radius 2 is 1.96 bits per heavy atom. The van der Waals surface area contributed by atoms with Crippen molar-refractivity contribution in [2.45, 2.75) is 51.0 Å². The number of carboxylic acids is 1. The van der Waals surface area contributed by atoms with Crippen molar-refractivity contribution < 1.29 is 19.4 Å². The molecule has 0 spiro atoms. The standard InChI is InChI=1S/C19H24N2O4/c22-18(23)9-21(8-12-1-2-12)17-6-16(7-17)20-19(24)13-3-4-14-10-25-11-15(14)5-13/h3-5,12,16-17H,1-2,6-11H2,(H,20,24)(H,22,23). The van der Waals surface area contributed by atoms with Crippen LogP contribution in [0.4, 0.5) is 0 Å². The van der Waals surface area contributed by atoms with Gasteiger partial charge in [-0.05, 0) is 54.9 Å². The van der Waals surface area contributed by atoms with E-state index in [1.165, 1.54) is 12.8 Å². The number of carbonyl (C=O) groups is 2. The Balaban J connectivity index is 1.29. The molecule has 0 atom stereocenters. The van der Waals surface area contributed by atoms with Crippen LogP contribution in [0.2, 0.25) is 0 Å². The molecule has 1 amide bonds. The molecule has 3 aliphatic rings. The smallest absolute Gasteiger partial charge is 0.317 e. The zero-order valence-corrected chi connectivity index (χ0v) is 14.2. The molecule has 0 bridgehead atoms. The van der Waals surface area contributed by atoms with Gasteiger partial charge in [-0.1, -0.05) is 6.07 Å². The lowest BCUT2D eigenvalue weighted by Gasteiger charge is -2.42. The SMILES string of the molecule is O=C(O)CN(CC1CC1)C1CC(NC(=O)c2ccc3c(c2)COC3)C1. The second-order valence-corrected chi connectivity index (χ2v) is 7.54. The third-order valence-electron chi connectivity index (χ3n) is 5.48. The van der Waals surface area contributed by atoms with Crippen molar-refractivity contribution in [1.82, 2.24) is 10.2 Å². The Labute approximate surface area is 147 Å². The third-order valence-corrected chi connectivity index (χ3v) is 5.48. The number of nitrogens with zero attached hydrogens (tertiary/aromatic N) is 1. The van der Waals surface area contributed by atoms with Gasteiger partial charge in [0.05, 0.1) is 19.8 Å². The molecule has 0 unspecified atom stereocenters. The van der Waals surface area contributed by atoms with Crippen molar-refractivity contribution in [1.29, 1.82) is 0 Å². The Hall–Kier alpha value is -1.92. The average molecular weight is 344 g/mol. The lowest BCUT2D eigenvalue weighted by Crippen LogP contribution is -2.55. The molecule has 2 N–H and O–H groups in total. The van der Waals surface area contributed by atoms with E-state index >= 15 is 0 Å². The highest BCUT2D eigenvalue weighted by atomic mass is 16.5. The molecular weight excluding hydrogens is 320 g/mol. The minimum absolute atomic E-state index is 0.0508. The summed E-state index contributed by atoms with van der Waals surface area (Å²) in [5.41, 5.74) is 2.92. The van der Waals surface area contributed by atoms with Crippen molar-refractivity contribution in [2.24, 2.45) is 5.92 Å². The second-order valence-electron chi connectivity index (χ2n) is 7.54. The first kappa shape index (κ1) is 16.5. The highest BCUT2D eigenvalue weighted by molar-refractivity contribution is 5.94. The van der Waals surface area contributed by atoms with E-state index < -0.39 is 5.97 Å². The summed E-state index contributed by atoms with van der Waals surface area (Å²) in [6, 6.07) is 6.14. The molecule has 6 heteroatoms. The van der Waals surface area contributed by atoms with Gasteiger partial charge < -0.3 is 15.2 Å². The fourth-order valence-electron chi connectivity index (χ4n) is 3.73. The van der Waals surface area contributed by atoms with E-state index in [9.17, 15) is 9.59 Å². The van der Waals surface area contributed by atoms with Gasteiger partial charge in [0.1, 0.15) is 0 Å². The summed E-state index contributed by atoms with van der Waals surface area (Å²) in [7, 11) is 0. The van der Waals surface area contributed by atoms with Crippen LogP contribution >= 0.6 is 0 Å². The first-order chi connectivity index (χ1) is 12.1. The molecule has 1 heterocycles. The summed E-state index contributed by atoms with van der Waals surface area (Å²) in [6.07, 6.45) is 4.09. The van der Waals surface area contributed by atoms with Crippen molar-refractivity contribution in [3.63, 3.8) is 0 Å². The van der Waals surface area contributed by atoms with Gasteiger partial charge in [-0.15, -0.1) is 0 Å². The molecule has 0 aromatic heterocycles. The molecular formula is C19H24N2O4. The van der Waals surface area contributed by atoms with E-state index in [2.05, 4.69) is 10.2 Å². The number of hydrogen-bond acceptors (Lipinski definition) is 4. The van der Waals surface area contributed by atoms with Crippen LogP contribution in [0.15, 0.2) is 18.2 Å². The van der Waals surface area contributed by atoms with Gasteiger partial charge in [0.25, 0.3) is 5.91 Å². The van der Waals surface area contributed by atoms with E-state index in [0.717, 1.165) is 30.5 Å². The molecule has 1 aromatic rings. The summed E-state index contributed by atoms with van der Waals surface area (Å²) in [5.74, 6) is -0.153. The molecule has 2 fully saturated rings. The Bertz CT molecular complexity index is 680. The van der Waals surface area contributed by atoms with Gasteiger partial charge in [0, 0.05) is 24.2 Å². The van der Waals surface area contributed by atoms with Crippen molar-refractivity contribution in [2.75, 3.05) is 13.1 Å². The number of amides is 1. The van der Waals surface area contributed by atoms with Gasteiger partial charge in [-0.2, -0.15) is 0 Å². The van der Waals surface area contributed by atoms with Gasteiger partial charge in [-0.25, -0.2) is 0 Å². The predicted octanol–water partition coefficient (Wildman–Crippen LogP) is 1.77. The number of carbonyl (C=O) groups excluding carboxylic acids is 1. The van der Waals surface area contributed by atoms with Crippen molar-refractivity contribution in [3.05, 3.63) is 34.9 Å². The zero-order chi connectivity index (χ0) is 17.4. The predicted molar refractivity (Wildman–Crippen MR) is 91.1 cm³/mol. The Morgan fingerprint density at radius 3 is 2.68 bits per heavy atom. The highest BCUT2D eigenvalue weighted by Crippen LogP contribution is 2.34. The molecule has 134 valence electrons. The quantitative estimate of drug-likeness (QED) is 0.788. The molecule has 4 rings (SSSR count). The molecule has 0 saturated heterocycles. The fraction of sp³-hybridized carbons (Fsp3) is 0.579. The minimum Gasteiger partial charge on any atom is -0.480 e. The molecule has 1 aromatic carbocycles. The number of hydrogen-bond donors (Lipinski definition) is 2. The summed E-state index contributed by atoms with van der Waals surface area (Å²) in [4.78, 5) is 25.6. The normalized spacial score (nSPS) is 24.7. The van der Waals surface area contributed by atoms with Crippen LogP contribution in [0, 0.1) is 5.92 Å². The monoisotopic (exact) mass is 344 g/mol. The van der Waals surface area contributed by atoms with Crippen molar-refractivity contribution >= 4 is 11.9 Å². The minimum atomic E-state index is -0.770. The first-order valence-electron chi connectivity index (χ1n) is 9.04. The van der Waals surface area contributed by atoms with Gasteiger partial charge >= 0.3 is 5.97 Å². The van der Waals surface area contributed by atoms with E-state index in [0.29, 0.717) is 24.7 Å². The number of fused-ring (bicyclic) bond motifs is 1. The third kappa shape index (κ3) is 3.85. The number of ether oxygens (including phenoxy) is 1. The first-order valence-corrected chi connectivity index (χ1v) is 9.04. The summed E-state index contributed by atoms with van der Waals surface area (Å²) >= 11 is 0. The van der Waals surface area contributed by atoms with Crippen LogP contribution in [0.3, 0.4) is 0 Å². The summed E-state index contributed by atoms with van der Waals surface area (Å²) in [6.45, 7) is 2.18. The Morgan fingerprint density at radius 1 is 1.20 bits per heavy atom. The maximum atomic E-state index is 12.4. The molecule has 1 aliphatic heterocycles. The topological polar surface area (TPSA) is 78.9 Å². The maximum Gasteiger partial charge on any atom is 0.317 e. The number of aliphatic carboxylic acids is 1. The molecule has 0 radical (unpaired) electrons. The molecule has 2 saturated carbocycles. The average Bonchev–Trinajstić information content (AvgIpc) is 3.22. The zero-order valence-electron chi connectivity index (χ0n) is 14.2. The fourth-order valence-corrected chi connectivity index (χ4v) is 3.73. The van der Waals surface area contributed by atoms with Gasteiger partial charge in [0.15, 0.2) is 0 Å². The van der Waals surface area contributed by atoms with Gasteiger partial charge in [-0.3, -0.25) is 14.5 Å². The van der Waals surface area contributed by atoms with Crippen LogP contribution in [-0.2, 0) is 22.7 Å². The second kappa shape index (κ2) is 6.77. The maximum absolute atomic E-state index is 12.4. The van der Waals surface area contributed by atoms with Crippen LogP contribution in [0.25, 0.3) is 0 Å². The molecule has 25 heavy (non-hydrogen) atoms. The van der Waals surface area contributed by atoms with Crippen LogP contribution in [0.1, 0.15) is 47.2 Å². The Kier molecular flexibility index (Phi) is 4.48. The number of benzene rings is 1. The van der Waals surface area contributed by atoms with E-state index in [1.807, 2.05) is 18.2 Å². The lowest BCUT2D eigenvalue weighted by atomic mass is 9.85. The number of rotatable bonds is 7. The van der Waals surface area contributed by atoms with Crippen LogP contribution < -0.4 is 5.32 Å².